The highest BCUT2D eigenvalue weighted by molar-refractivity contribution is 5.76. The van der Waals surface area contributed by atoms with Crippen LogP contribution in [0.3, 0.4) is 0 Å². The normalized spacial score (nSPS) is 14.7. The lowest BCUT2D eigenvalue weighted by Crippen LogP contribution is -2.47. The molecule has 4 nitrogen and oxygen atoms in total. The standard InChI is InChI=1S/C11H24N2O2/c1-4-11(3,7-8-12)13-10(14)6-9-15-5-2/h4-9,12H2,1-3H3,(H,13,14). The molecule has 0 spiro atoms. The molecule has 0 rings (SSSR count). The topological polar surface area (TPSA) is 64.3 Å². The van der Waals surface area contributed by atoms with Crippen molar-refractivity contribution in [2.45, 2.75) is 45.6 Å². The molecule has 0 aliphatic carbocycles. The zero-order valence-corrected chi connectivity index (χ0v) is 10.1. The van der Waals surface area contributed by atoms with Crippen LogP contribution in [0.5, 0.6) is 0 Å². The minimum absolute atomic E-state index is 0.0428. The van der Waals surface area contributed by atoms with Crippen LogP contribution in [-0.2, 0) is 9.53 Å². The molecular formula is C11H24N2O2. The summed E-state index contributed by atoms with van der Waals surface area (Å²) in [4.78, 5) is 11.5. The highest BCUT2D eigenvalue weighted by atomic mass is 16.5. The van der Waals surface area contributed by atoms with E-state index in [0.29, 0.717) is 26.2 Å². The molecule has 1 atom stereocenters. The molecule has 3 N–H and O–H groups in total. The predicted octanol–water partition coefficient (Wildman–Crippen LogP) is 1.05. The number of nitrogens with two attached hydrogens (primary N) is 1. The quantitative estimate of drug-likeness (QED) is 0.596. The second kappa shape index (κ2) is 7.65. The van der Waals surface area contributed by atoms with Crippen LogP contribution in [0.2, 0.25) is 0 Å². The Kier molecular flexibility index (Phi) is 7.34. The van der Waals surface area contributed by atoms with Crippen molar-refractivity contribution >= 4 is 5.91 Å². The van der Waals surface area contributed by atoms with Gasteiger partial charge in [0.05, 0.1) is 6.61 Å². The molecule has 0 bridgehead atoms. The summed E-state index contributed by atoms with van der Waals surface area (Å²) in [5, 5.41) is 3.00. The second-order valence-electron chi connectivity index (χ2n) is 3.95. The van der Waals surface area contributed by atoms with E-state index in [1.807, 2.05) is 13.8 Å². The number of nitrogens with one attached hydrogen (secondary N) is 1. The summed E-state index contributed by atoms with van der Waals surface area (Å²) in [6.07, 6.45) is 2.13. The first kappa shape index (κ1) is 14.4. The Balaban J connectivity index is 3.90. The molecule has 0 aliphatic rings. The maximum Gasteiger partial charge on any atom is 0.222 e. The lowest BCUT2D eigenvalue weighted by molar-refractivity contribution is -0.124. The summed E-state index contributed by atoms with van der Waals surface area (Å²) >= 11 is 0. The number of carbonyl (C=O) groups excluding carboxylic acids is 1. The van der Waals surface area contributed by atoms with Gasteiger partial charge in [0.15, 0.2) is 0 Å². The van der Waals surface area contributed by atoms with E-state index in [1.165, 1.54) is 0 Å². The van der Waals surface area contributed by atoms with Gasteiger partial charge in [0, 0.05) is 18.6 Å². The largest absolute Gasteiger partial charge is 0.381 e. The monoisotopic (exact) mass is 216 g/mol. The van der Waals surface area contributed by atoms with Crippen LogP contribution in [-0.4, -0.2) is 31.2 Å². The van der Waals surface area contributed by atoms with Crippen LogP contribution in [0.25, 0.3) is 0 Å². The summed E-state index contributed by atoms with van der Waals surface area (Å²) < 4.78 is 5.13. The van der Waals surface area contributed by atoms with Crippen molar-refractivity contribution in [1.29, 1.82) is 0 Å². The fraction of sp³-hybridized carbons (Fsp3) is 0.909. The first-order valence-corrected chi connectivity index (χ1v) is 5.66. The average molecular weight is 216 g/mol. The Morgan fingerprint density at radius 3 is 2.60 bits per heavy atom. The zero-order chi connectivity index (χ0) is 11.7. The Morgan fingerprint density at radius 2 is 2.13 bits per heavy atom. The van der Waals surface area contributed by atoms with Gasteiger partial charge >= 0.3 is 0 Å². The molecule has 0 fully saturated rings. The van der Waals surface area contributed by atoms with Crippen LogP contribution >= 0.6 is 0 Å². The number of amides is 1. The van der Waals surface area contributed by atoms with E-state index < -0.39 is 0 Å². The Labute approximate surface area is 92.6 Å². The minimum atomic E-state index is -0.169. The molecule has 0 aliphatic heterocycles. The number of ether oxygens (including phenoxy) is 1. The number of hydrogen-bond donors (Lipinski definition) is 2. The van der Waals surface area contributed by atoms with Gasteiger partial charge in [-0.05, 0) is 33.2 Å². The number of rotatable bonds is 8. The molecule has 0 aromatic rings. The molecule has 0 radical (unpaired) electrons. The van der Waals surface area contributed by atoms with Gasteiger partial charge in [-0.25, -0.2) is 0 Å². The van der Waals surface area contributed by atoms with Gasteiger partial charge in [-0.2, -0.15) is 0 Å². The highest BCUT2D eigenvalue weighted by Crippen LogP contribution is 2.13. The van der Waals surface area contributed by atoms with E-state index >= 15 is 0 Å². The summed E-state index contributed by atoms with van der Waals surface area (Å²) in [5.41, 5.74) is 5.34. The van der Waals surface area contributed by atoms with Gasteiger partial charge in [0.1, 0.15) is 0 Å². The van der Waals surface area contributed by atoms with Crippen molar-refractivity contribution in [1.82, 2.24) is 5.32 Å². The maximum absolute atomic E-state index is 11.5. The predicted molar refractivity (Wildman–Crippen MR) is 61.6 cm³/mol. The molecule has 0 aromatic carbocycles. The Morgan fingerprint density at radius 1 is 1.47 bits per heavy atom. The highest BCUT2D eigenvalue weighted by Gasteiger charge is 2.22. The van der Waals surface area contributed by atoms with Crippen molar-refractivity contribution in [3.05, 3.63) is 0 Å². The molecule has 0 saturated carbocycles. The van der Waals surface area contributed by atoms with E-state index in [-0.39, 0.29) is 11.4 Å². The van der Waals surface area contributed by atoms with E-state index in [9.17, 15) is 4.79 Å². The van der Waals surface area contributed by atoms with E-state index in [1.54, 1.807) is 0 Å². The fourth-order valence-electron chi connectivity index (χ4n) is 1.35. The molecule has 0 aromatic heterocycles. The molecule has 0 heterocycles. The smallest absolute Gasteiger partial charge is 0.222 e. The van der Waals surface area contributed by atoms with E-state index in [0.717, 1.165) is 12.8 Å². The van der Waals surface area contributed by atoms with Crippen LogP contribution in [0.1, 0.15) is 40.0 Å². The maximum atomic E-state index is 11.5. The van der Waals surface area contributed by atoms with Gasteiger partial charge in [-0.1, -0.05) is 6.92 Å². The van der Waals surface area contributed by atoms with Crippen molar-refractivity contribution in [2.75, 3.05) is 19.8 Å². The minimum Gasteiger partial charge on any atom is -0.381 e. The molecule has 4 heteroatoms. The van der Waals surface area contributed by atoms with Crippen LogP contribution < -0.4 is 11.1 Å². The average Bonchev–Trinajstić information content (AvgIpc) is 2.18. The van der Waals surface area contributed by atoms with Crippen molar-refractivity contribution in [2.24, 2.45) is 5.73 Å². The van der Waals surface area contributed by atoms with Gasteiger partial charge in [-0.3, -0.25) is 4.79 Å². The molecule has 1 unspecified atom stereocenters. The van der Waals surface area contributed by atoms with Crippen molar-refractivity contribution in [3.63, 3.8) is 0 Å². The van der Waals surface area contributed by atoms with Gasteiger partial charge in [0.2, 0.25) is 5.91 Å². The Hall–Kier alpha value is -0.610. The summed E-state index contributed by atoms with van der Waals surface area (Å²) in [7, 11) is 0. The van der Waals surface area contributed by atoms with Gasteiger partial charge in [-0.15, -0.1) is 0 Å². The van der Waals surface area contributed by atoms with Crippen LogP contribution in [0.15, 0.2) is 0 Å². The number of carbonyl (C=O) groups is 1. The van der Waals surface area contributed by atoms with Crippen LogP contribution in [0, 0.1) is 0 Å². The lowest BCUT2D eigenvalue weighted by Gasteiger charge is -2.29. The van der Waals surface area contributed by atoms with E-state index in [4.69, 9.17) is 10.5 Å². The second-order valence-corrected chi connectivity index (χ2v) is 3.95. The SMILES string of the molecule is CCOCCC(=O)NC(C)(CC)CCN. The van der Waals surface area contributed by atoms with Crippen molar-refractivity contribution in [3.8, 4) is 0 Å². The molecule has 90 valence electrons. The first-order chi connectivity index (χ1) is 7.08. The van der Waals surface area contributed by atoms with E-state index in [2.05, 4.69) is 12.2 Å². The third-order valence-corrected chi connectivity index (χ3v) is 2.60. The van der Waals surface area contributed by atoms with Gasteiger partial charge < -0.3 is 15.8 Å². The summed E-state index contributed by atoms with van der Waals surface area (Å²) in [6.45, 7) is 7.74. The number of hydrogen-bond acceptors (Lipinski definition) is 3. The molecule has 15 heavy (non-hydrogen) atoms. The van der Waals surface area contributed by atoms with Gasteiger partial charge in [0.25, 0.3) is 0 Å². The third kappa shape index (κ3) is 6.47. The summed E-state index contributed by atoms with van der Waals surface area (Å²) in [5.74, 6) is 0.0428. The first-order valence-electron chi connectivity index (χ1n) is 5.66. The van der Waals surface area contributed by atoms with Crippen LogP contribution in [0.4, 0.5) is 0 Å². The fourth-order valence-corrected chi connectivity index (χ4v) is 1.35. The third-order valence-electron chi connectivity index (χ3n) is 2.60. The lowest BCUT2D eigenvalue weighted by atomic mass is 9.94. The van der Waals surface area contributed by atoms with Crippen molar-refractivity contribution < 1.29 is 9.53 Å². The molecule has 0 saturated heterocycles. The molecule has 1 amide bonds. The Bertz CT molecular complexity index is 185. The summed E-state index contributed by atoms with van der Waals surface area (Å²) in [6, 6.07) is 0. The zero-order valence-electron chi connectivity index (χ0n) is 10.1. The molecular weight excluding hydrogens is 192 g/mol.